The average molecular weight is 197 g/mol. The molecule has 5 heteroatoms. The lowest BCUT2D eigenvalue weighted by Crippen LogP contribution is -2.37. The van der Waals surface area contributed by atoms with Crippen LogP contribution in [0.5, 0.6) is 0 Å². The van der Waals surface area contributed by atoms with Crippen LogP contribution in [0.3, 0.4) is 0 Å². The Balaban J connectivity index is 2.41. The molecule has 3 N–H and O–H groups in total. The Labute approximate surface area is 80.2 Å². The first-order chi connectivity index (χ1) is 6.18. The summed E-state index contributed by atoms with van der Waals surface area (Å²) in [6.45, 7) is 2.73. The van der Waals surface area contributed by atoms with Crippen LogP contribution in [-0.4, -0.2) is 17.4 Å². The molecular formula is C8H11N3OS. The van der Waals surface area contributed by atoms with Crippen molar-refractivity contribution in [2.24, 2.45) is 5.73 Å². The van der Waals surface area contributed by atoms with Gasteiger partial charge in [-0.15, -0.1) is 11.3 Å². The SMILES string of the molecule is Cc1nc2c(s1)C(C(N)=O)NCC2. The van der Waals surface area contributed by atoms with Gasteiger partial charge in [-0.2, -0.15) is 0 Å². The van der Waals surface area contributed by atoms with Crippen LogP contribution >= 0.6 is 11.3 Å². The molecule has 0 bridgehead atoms. The molecule has 13 heavy (non-hydrogen) atoms. The van der Waals surface area contributed by atoms with Crippen LogP contribution in [-0.2, 0) is 11.2 Å². The summed E-state index contributed by atoms with van der Waals surface area (Å²) < 4.78 is 0. The summed E-state index contributed by atoms with van der Waals surface area (Å²) in [5, 5.41) is 4.08. The third-order valence-electron chi connectivity index (χ3n) is 2.09. The summed E-state index contributed by atoms with van der Waals surface area (Å²) >= 11 is 1.55. The Hall–Kier alpha value is -0.940. The normalized spacial score (nSPS) is 21.2. The summed E-state index contributed by atoms with van der Waals surface area (Å²) in [6, 6.07) is -0.324. The van der Waals surface area contributed by atoms with E-state index in [9.17, 15) is 4.79 Å². The molecule has 1 aliphatic rings. The van der Waals surface area contributed by atoms with Gasteiger partial charge in [0, 0.05) is 13.0 Å². The number of primary amides is 1. The number of nitrogens with two attached hydrogens (primary N) is 1. The molecule has 2 rings (SSSR count). The lowest BCUT2D eigenvalue weighted by Gasteiger charge is -2.19. The Bertz CT molecular complexity index is 347. The zero-order valence-corrected chi connectivity index (χ0v) is 8.15. The Morgan fingerprint density at radius 1 is 1.77 bits per heavy atom. The lowest BCUT2D eigenvalue weighted by atomic mass is 10.1. The summed E-state index contributed by atoms with van der Waals surface area (Å²) in [5.41, 5.74) is 6.30. The van der Waals surface area contributed by atoms with E-state index in [1.54, 1.807) is 11.3 Å². The second-order valence-corrected chi connectivity index (χ2v) is 4.32. The van der Waals surface area contributed by atoms with Crippen molar-refractivity contribution in [1.82, 2.24) is 10.3 Å². The van der Waals surface area contributed by atoms with E-state index in [0.29, 0.717) is 0 Å². The maximum atomic E-state index is 11.1. The minimum Gasteiger partial charge on any atom is -0.368 e. The van der Waals surface area contributed by atoms with E-state index in [2.05, 4.69) is 10.3 Å². The molecule has 0 spiro atoms. The fourth-order valence-electron chi connectivity index (χ4n) is 1.55. The van der Waals surface area contributed by atoms with Gasteiger partial charge < -0.3 is 11.1 Å². The zero-order chi connectivity index (χ0) is 9.42. The molecule has 1 aliphatic heterocycles. The first-order valence-electron chi connectivity index (χ1n) is 4.17. The van der Waals surface area contributed by atoms with Crippen LogP contribution < -0.4 is 11.1 Å². The third-order valence-corrected chi connectivity index (χ3v) is 3.17. The minimum absolute atomic E-state index is 0.315. The van der Waals surface area contributed by atoms with Crippen molar-refractivity contribution in [2.75, 3.05) is 6.54 Å². The molecule has 1 aromatic rings. The van der Waals surface area contributed by atoms with E-state index in [1.165, 1.54) is 0 Å². The fourth-order valence-corrected chi connectivity index (χ4v) is 2.61. The van der Waals surface area contributed by atoms with Crippen molar-refractivity contribution < 1.29 is 4.79 Å². The summed E-state index contributed by atoms with van der Waals surface area (Å²) in [5.74, 6) is -0.315. The standard InChI is InChI=1S/C8H11N3OS/c1-4-11-5-2-3-10-6(8(9)12)7(5)13-4/h6,10H,2-3H2,1H3,(H2,9,12). The van der Waals surface area contributed by atoms with Crippen LogP contribution in [0.2, 0.25) is 0 Å². The van der Waals surface area contributed by atoms with E-state index >= 15 is 0 Å². The highest BCUT2D eigenvalue weighted by atomic mass is 32.1. The van der Waals surface area contributed by atoms with Gasteiger partial charge in [0.1, 0.15) is 6.04 Å². The van der Waals surface area contributed by atoms with Crippen molar-refractivity contribution in [3.8, 4) is 0 Å². The van der Waals surface area contributed by atoms with Gasteiger partial charge in [0.25, 0.3) is 0 Å². The second kappa shape index (κ2) is 3.08. The quantitative estimate of drug-likeness (QED) is 0.672. The van der Waals surface area contributed by atoms with Gasteiger partial charge in [0.05, 0.1) is 15.6 Å². The van der Waals surface area contributed by atoms with Crippen molar-refractivity contribution in [3.05, 3.63) is 15.6 Å². The van der Waals surface area contributed by atoms with Crippen molar-refractivity contribution in [1.29, 1.82) is 0 Å². The maximum Gasteiger partial charge on any atom is 0.240 e. The first-order valence-corrected chi connectivity index (χ1v) is 4.99. The molecular weight excluding hydrogens is 186 g/mol. The van der Waals surface area contributed by atoms with E-state index in [4.69, 9.17) is 5.73 Å². The van der Waals surface area contributed by atoms with E-state index < -0.39 is 0 Å². The smallest absolute Gasteiger partial charge is 0.240 e. The van der Waals surface area contributed by atoms with Gasteiger partial charge in [-0.1, -0.05) is 0 Å². The number of amides is 1. The Morgan fingerprint density at radius 3 is 3.23 bits per heavy atom. The number of aromatic nitrogens is 1. The Morgan fingerprint density at radius 2 is 2.54 bits per heavy atom. The van der Waals surface area contributed by atoms with Crippen LogP contribution in [0, 0.1) is 6.92 Å². The Kier molecular flexibility index (Phi) is 2.05. The first kappa shape index (κ1) is 8.65. The molecule has 1 amide bonds. The third kappa shape index (κ3) is 1.45. The number of rotatable bonds is 1. The number of carbonyl (C=O) groups excluding carboxylic acids is 1. The predicted octanol–water partition coefficient (Wildman–Crippen LogP) is 0.124. The number of fused-ring (bicyclic) bond motifs is 1. The number of thiazole rings is 1. The topological polar surface area (TPSA) is 68.0 Å². The second-order valence-electron chi connectivity index (χ2n) is 3.08. The molecule has 4 nitrogen and oxygen atoms in total. The molecule has 1 aromatic heterocycles. The zero-order valence-electron chi connectivity index (χ0n) is 7.33. The number of aryl methyl sites for hydroxylation is 1. The maximum absolute atomic E-state index is 11.1. The molecule has 1 unspecified atom stereocenters. The molecule has 0 saturated carbocycles. The number of nitrogens with one attached hydrogen (secondary N) is 1. The molecule has 0 aromatic carbocycles. The van der Waals surface area contributed by atoms with Crippen molar-refractivity contribution in [3.63, 3.8) is 0 Å². The van der Waals surface area contributed by atoms with E-state index in [0.717, 1.165) is 28.5 Å². The molecule has 0 saturated heterocycles. The van der Waals surface area contributed by atoms with Gasteiger partial charge >= 0.3 is 0 Å². The molecule has 0 radical (unpaired) electrons. The van der Waals surface area contributed by atoms with Crippen LogP contribution in [0.4, 0.5) is 0 Å². The minimum atomic E-state index is -0.324. The van der Waals surface area contributed by atoms with E-state index in [-0.39, 0.29) is 11.9 Å². The number of hydrogen-bond acceptors (Lipinski definition) is 4. The highest BCUT2D eigenvalue weighted by molar-refractivity contribution is 7.11. The molecule has 70 valence electrons. The molecule has 2 heterocycles. The summed E-state index contributed by atoms with van der Waals surface area (Å²) in [6.07, 6.45) is 0.892. The van der Waals surface area contributed by atoms with Crippen LogP contribution in [0.25, 0.3) is 0 Å². The predicted molar refractivity (Wildman–Crippen MR) is 50.5 cm³/mol. The van der Waals surface area contributed by atoms with E-state index in [1.807, 2.05) is 6.92 Å². The number of hydrogen-bond donors (Lipinski definition) is 2. The van der Waals surface area contributed by atoms with Gasteiger partial charge in [0.15, 0.2) is 0 Å². The van der Waals surface area contributed by atoms with Gasteiger partial charge in [-0.05, 0) is 6.92 Å². The average Bonchev–Trinajstić information content (AvgIpc) is 2.43. The highest BCUT2D eigenvalue weighted by Gasteiger charge is 2.27. The number of nitrogens with zero attached hydrogens (tertiary/aromatic N) is 1. The summed E-state index contributed by atoms with van der Waals surface area (Å²) in [7, 11) is 0. The molecule has 1 atom stereocenters. The highest BCUT2D eigenvalue weighted by Crippen LogP contribution is 2.28. The van der Waals surface area contributed by atoms with Crippen molar-refractivity contribution in [2.45, 2.75) is 19.4 Å². The number of carbonyl (C=O) groups is 1. The monoisotopic (exact) mass is 197 g/mol. The largest absolute Gasteiger partial charge is 0.368 e. The van der Waals surface area contributed by atoms with Crippen molar-refractivity contribution >= 4 is 17.2 Å². The van der Waals surface area contributed by atoms with Crippen LogP contribution in [0.15, 0.2) is 0 Å². The fraction of sp³-hybridized carbons (Fsp3) is 0.500. The lowest BCUT2D eigenvalue weighted by molar-refractivity contribution is -0.120. The molecule has 0 aliphatic carbocycles. The van der Waals surface area contributed by atoms with Crippen LogP contribution in [0.1, 0.15) is 21.6 Å². The molecule has 0 fully saturated rings. The van der Waals surface area contributed by atoms with Gasteiger partial charge in [0.2, 0.25) is 5.91 Å². The van der Waals surface area contributed by atoms with Gasteiger partial charge in [-0.25, -0.2) is 4.98 Å². The van der Waals surface area contributed by atoms with Gasteiger partial charge in [-0.3, -0.25) is 4.79 Å². The summed E-state index contributed by atoms with van der Waals surface area (Å²) in [4.78, 5) is 16.4.